The van der Waals surface area contributed by atoms with Crippen molar-refractivity contribution in [2.24, 2.45) is 11.8 Å². The van der Waals surface area contributed by atoms with Crippen molar-refractivity contribution in [1.82, 2.24) is 10.2 Å². The number of hydrogen-bond donors (Lipinski definition) is 1. The quantitative estimate of drug-likeness (QED) is 0.643. The number of halogens is 1. The first-order valence-electron chi connectivity index (χ1n) is 11.0. The molecular weight excluding hydrogens is 424 g/mol. The molecular formula is C25H31BrN2O. The average molecular weight is 455 g/mol. The number of hydrogen-bond acceptors (Lipinski definition) is 2. The Bertz CT molecular complexity index is 825. The summed E-state index contributed by atoms with van der Waals surface area (Å²) < 4.78 is 1.10. The molecule has 29 heavy (non-hydrogen) atoms. The third kappa shape index (κ3) is 4.44. The van der Waals surface area contributed by atoms with E-state index in [2.05, 4.69) is 81.6 Å². The summed E-state index contributed by atoms with van der Waals surface area (Å²) in [7, 11) is 0. The highest BCUT2D eigenvalue weighted by molar-refractivity contribution is 9.10. The van der Waals surface area contributed by atoms with Crippen LogP contribution in [0.15, 0.2) is 59.1 Å². The van der Waals surface area contributed by atoms with Crippen LogP contribution in [0.4, 0.5) is 0 Å². The van der Waals surface area contributed by atoms with Crippen molar-refractivity contribution in [2.75, 3.05) is 19.6 Å². The van der Waals surface area contributed by atoms with Crippen LogP contribution >= 0.6 is 15.9 Å². The molecule has 2 saturated heterocycles. The van der Waals surface area contributed by atoms with E-state index in [9.17, 15) is 4.79 Å². The van der Waals surface area contributed by atoms with E-state index in [1.807, 2.05) is 6.07 Å². The first-order chi connectivity index (χ1) is 14.2. The lowest BCUT2D eigenvalue weighted by atomic mass is 9.82. The lowest BCUT2D eigenvalue weighted by molar-refractivity contribution is -0.140. The van der Waals surface area contributed by atoms with Crippen LogP contribution in [-0.4, -0.2) is 30.4 Å². The van der Waals surface area contributed by atoms with Gasteiger partial charge >= 0.3 is 0 Å². The Hall–Kier alpha value is -1.65. The number of carbonyl (C=O) groups is 1. The summed E-state index contributed by atoms with van der Waals surface area (Å²) >= 11 is 3.70. The second-order valence-electron chi connectivity index (χ2n) is 8.53. The molecule has 2 aliphatic rings. The Kier molecular flexibility index (Phi) is 6.71. The predicted octanol–water partition coefficient (Wildman–Crippen LogP) is 5.53. The highest BCUT2D eigenvalue weighted by Crippen LogP contribution is 2.40. The van der Waals surface area contributed by atoms with Gasteiger partial charge in [-0.1, -0.05) is 84.2 Å². The van der Waals surface area contributed by atoms with Gasteiger partial charge in [-0.25, -0.2) is 0 Å². The second-order valence-corrected chi connectivity index (χ2v) is 9.38. The van der Waals surface area contributed by atoms with Gasteiger partial charge in [0.1, 0.15) is 0 Å². The maximum Gasteiger partial charge on any atom is 0.228 e. The molecule has 0 aliphatic carbocycles. The fourth-order valence-electron chi connectivity index (χ4n) is 5.22. The summed E-state index contributed by atoms with van der Waals surface area (Å²) in [6, 6.07) is 19.2. The summed E-state index contributed by atoms with van der Waals surface area (Å²) in [5.74, 6) is 1.26. The summed E-state index contributed by atoms with van der Waals surface area (Å²) in [6.07, 6.45) is 4.69. The van der Waals surface area contributed by atoms with E-state index in [1.165, 1.54) is 24.0 Å². The standard InChI is InChI=1S/C25H31BrN2O/c1-2-8-18-13-14-28(24(15-18)19-9-4-3-5-10-19)25(29)22-17-27-16-21(22)20-11-6-7-12-23(20)26/h3-7,9-12,18,21-22,24,27H,2,8,13-17H2,1H3/t18?,21-,22+,24?/m0/s1. The molecule has 0 radical (unpaired) electrons. The minimum absolute atomic E-state index is 0.00244. The van der Waals surface area contributed by atoms with Crippen molar-refractivity contribution >= 4 is 21.8 Å². The molecule has 2 aromatic rings. The number of rotatable bonds is 5. The maximum absolute atomic E-state index is 13.8. The van der Waals surface area contributed by atoms with Crippen LogP contribution in [-0.2, 0) is 4.79 Å². The van der Waals surface area contributed by atoms with Gasteiger partial charge in [-0.2, -0.15) is 0 Å². The number of nitrogens with zero attached hydrogens (tertiary/aromatic N) is 1. The van der Waals surface area contributed by atoms with Gasteiger partial charge in [-0.3, -0.25) is 4.79 Å². The van der Waals surface area contributed by atoms with Crippen molar-refractivity contribution in [3.63, 3.8) is 0 Å². The van der Waals surface area contributed by atoms with Gasteiger partial charge in [-0.15, -0.1) is 0 Å². The van der Waals surface area contributed by atoms with Gasteiger partial charge in [0.25, 0.3) is 0 Å². The van der Waals surface area contributed by atoms with Crippen molar-refractivity contribution in [2.45, 2.75) is 44.6 Å². The van der Waals surface area contributed by atoms with Crippen molar-refractivity contribution in [3.8, 4) is 0 Å². The summed E-state index contributed by atoms with van der Waals surface area (Å²) in [4.78, 5) is 16.0. The zero-order valence-electron chi connectivity index (χ0n) is 17.2. The summed E-state index contributed by atoms with van der Waals surface area (Å²) in [6.45, 7) is 4.77. The van der Waals surface area contributed by atoms with Gasteiger partial charge in [-0.05, 0) is 36.0 Å². The van der Waals surface area contributed by atoms with Crippen LogP contribution in [0, 0.1) is 11.8 Å². The van der Waals surface area contributed by atoms with E-state index in [0.29, 0.717) is 5.91 Å². The normalized spacial score (nSPS) is 27.2. The molecule has 2 aliphatic heterocycles. The number of likely N-dealkylation sites (tertiary alicyclic amines) is 1. The molecule has 4 heteroatoms. The molecule has 2 heterocycles. The van der Waals surface area contributed by atoms with E-state index in [0.717, 1.165) is 42.9 Å². The molecule has 1 amide bonds. The van der Waals surface area contributed by atoms with Gasteiger partial charge < -0.3 is 10.2 Å². The monoisotopic (exact) mass is 454 g/mol. The van der Waals surface area contributed by atoms with E-state index in [1.54, 1.807) is 0 Å². The van der Waals surface area contributed by atoms with Gasteiger partial charge in [0.15, 0.2) is 0 Å². The molecule has 2 aromatic carbocycles. The first kappa shape index (κ1) is 20.6. The third-order valence-corrected chi connectivity index (χ3v) is 7.43. The van der Waals surface area contributed by atoms with Crippen LogP contribution < -0.4 is 5.32 Å². The molecule has 0 spiro atoms. The highest BCUT2D eigenvalue weighted by Gasteiger charge is 2.41. The maximum atomic E-state index is 13.8. The number of piperidine rings is 1. The predicted molar refractivity (Wildman–Crippen MR) is 122 cm³/mol. The average Bonchev–Trinajstić information content (AvgIpc) is 3.24. The molecule has 2 unspecified atom stereocenters. The van der Waals surface area contributed by atoms with Gasteiger partial charge in [0.2, 0.25) is 5.91 Å². The molecule has 4 atom stereocenters. The largest absolute Gasteiger partial charge is 0.335 e. The lowest BCUT2D eigenvalue weighted by Gasteiger charge is -2.41. The number of benzene rings is 2. The summed E-state index contributed by atoms with van der Waals surface area (Å²) in [5.41, 5.74) is 2.53. The fraction of sp³-hybridized carbons (Fsp3) is 0.480. The third-order valence-electron chi connectivity index (χ3n) is 6.71. The van der Waals surface area contributed by atoms with Gasteiger partial charge in [0, 0.05) is 30.0 Å². The molecule has 0 saturated carbocycles. The number of nitrogens with one attached hydrogen (secondary N) is 1. The van der Waals surface area contributed by atoms with Crippen molar-refractivity contribution in [1.29, 1.82) is 0 Å². The number of carbonyl (C=O) groups excluding carboxylic acids is 1. The van der Waals surface area contributed by atoms with E-state index in [4.69, 9.17) is 0 Å². The fourth-order valence-corrected chi connectivity index (χ4v) is 5.80. The smallest absolute Gasteiger partial charge is 0.228 e. The lowest BCUT2D eigenvalue weighted by Crippen LogP contribution is -2.45. The zero-order chi connectivity index (χ0) is 20.2. The Morgan fingerprint density at radius 1 is 1.10 bits per heavy atom. The van der Waals surface area contributed by atoms with E-state index in [-0.39, 0.29) is 17.9 Å². The molecule has 4 rings (SSSR count). The van der Waals surface area contributed by atoms with Crippen LogP contribution in [0.25, 0.3) is 0 Å². The second kappa shape index (κ2) is 9.44. The Labute approximate surface area is 183 Å². The van der Waals surface area contributed by atoms with Crippen LogP contribution in [0.1, 0.15) is 55.7 Å². The number of amides is 1. The molecule has 0 bridgehead atoms. The van der Waals surface area contributed by atoms with Crippen LogP contribution in [0.2, 0.25) is 0 Å². The van der Waals surface area contributed by atoms with Crippen molar-refractivity contribution in [3.05, 3.63) is 70.2 Å². The molecule has 1 N–H and O–H groups in total. The van der Waals surface area contributed by atoms with E-state index >= 15 is 0 Å². The molecule has 0 aromatic heterocycles. The van der Waals surface area contributed by atoms with Crippen LogP contribution in [0.5, 0.6) is 0 Å². The van der Waals surface area contributed by atoms with E-state index < -0.39 is 0 Å². The Morgan fingerprint density at radius 3 is 2.62 bits per heavy atom. The highest BCUT2D eigenvalue weighted by atomic mass is 79.9. The van der Waals surface area contributed by atoms with Crippen molar-refractivity contribution < 1.29 is 4.79 Å². The van der Waals surface area contributed by atoms with Crippen LogP contribution in [0.3, 0.4) is 0 Å². The Balaban J connectivity index is 1.59. The van der Waals surface area contributed by atoms with Gasteiger partial charge in [0.05, 0.1) is 12.0 Å². The minimum atomic E-state index is 0.00244. The zero-order valence-corrected chi connectivity index (χ0v) is 18.8. The first-order valence-corrected chi connectivity index (χ1v) is 11.8. The topological polar surface area (TPSA) is 32.3 Å². The molecule has 2 fully saturated rings. The Morgan fingerprint density at radius 2 is 1.86 bits per heavy atom. The summed E-state index contributed by atoms with van der Waals surface area (Å²) in [5, 5.41) is 3.48. The minimum Gasteiger partial charge on any atom is -0.335 e. The molecule has 3 nitrogen and oxygen atoms in total. The SMILES string of the molecule is CCCC1CCN(C(=O)[C@@H]2CNC[C@H]2c2ccccc2Br)C(c2ccccc2)C1. The molecule has 154 valence electrons.